The van der Waals surface area contributed by atoms with Crippen LogP contribution in [0.5, 0.6) is 5.75 Å². The Labute approximate surface area is 127 Å². The Balaban J connectivity index is 2.09. The summed E-state index contributed by atoms with van der Waals surface area (Å²) >= 11 is 0. The van der Waals surface area contributed by atoms with Gasteiger partial charge in [0.25, 0.3) is 0 Å². The lowest BCUT2D eigenvalue weighted by atomic mass is 10.1. The van der Waals surface area contributed by atoms with Gasteiger partial charge < -0.3 is 9.47 Å². The molecular formula is C15H21NO4S. The van der Waals surface area contributed by atoms with E-state index < -0.39 is 16.8 Å². The number of carbonyl (C=O) groups is 1. The molecule has 116 valence electrons. The predicted molar refractivity (Wildman–Crippen MR) is 81.8 cm³/mol. The van der Waals surface area contributed by atoms with Crippen LogP contribution in [0.25, 0.3) is 0 Å². The molecule has 1 N–H and O–H groups in total. The fraction of sp³-hybridized carbons (Fsp3) is 0.533. The average molecular weight is 311 g/mol. The van der Waals surface area contributed by atoms with Crippen LogP contribution in [0, 0.1) is 0 Å². The van der Waals surface area contributed by atoms with E-state index in [2.05, 4.69) is 5.32 Å². The first kappa shape index (κ1) is 16.0. The monoisotopic (exact) mass is 311 g/mol. The second-order valence-corrected chi connectivity index (χ2v) is 6.85. The third kappa shape index (κ3) is 4.28. The van der Waals surface area contributed by atoms with Crippen molar-refractivity contribution in [2.75, 3.05) is 18.6 Å². The zero-order valence-electron chi connectivity index (χ0n) is 12.5. The van der Waals surface area contributed by atoms with E-state index in [1.54, 1.807) is 0 Å². The molecule has 5 nitrogen and oxygen atoms in total. The summed E-state index contributed by atoms with van der Waals surface area (Å²) < 4.78 is 22.3. The molecule has 1 aromatic rings. The molecule has 0 bridgehead atoms. The van der Waals surface area contributed by atoms with Crippen LogP contribution in [-0.2, 0) is 20.3 Å². The molecule has 1 aromatic carbocycles. The number of nitrogens with one attached hydrogen (secondary N) is 1. The Morgan fingerprint density at radius 3 is 2.52 bits per heavy atom. The van der Waals surface area contributed by atoms with Gasteiger partial charge in [-0.2, -0.15) is 0 Å². The second kappa shape index (κ2) is 7.04. The average Bonchev–Trinajstić information content (AvgIpc) is 2.46. The Kier molecular flexibility index (Phi) is 5.36. The van der Waals surface area contributed by atoms with Crippen LogP contribution in [0.15, 0.2) is 24.3 Å². The molecule has 0 spiro atoms. The maximum absolute atomic E-state index is 11.9. The van der Waals surface area contributed by atoms with Gasteiger partial charge in [0, 0.05) is 28.3 Å². The first-order chi connectivity index (χ1) is 9.99. The van der Waals surface area contributed by atoms with Gasteiger partial charge in [-0.05, 0) is 31.5 Å². The zero-order chi connectivity index (χ0) is 15.4. The van der Waals surface area contributed by atoms with Crippen LogP contribution < -0.4 is 10.1 Å². The van der Waals surface area contributed by atoms with E-state index in [-0.39, 0.29) is 18.1 Å². The van der Waals surface area contributed by atoms with Gasteiger partial charge in [-0.25, -0.2) is 0 Å². The maximum Gasteiger partial charge on any atom is 0.323 e. The minimum Gasteiger partial charge on any atom is -0.491 e. The van der Waals surface area contributed by atoms with Gasteiger partial charge in [0.1, 0.15) is 11.8 Å². The highest BCUT2D eigenvalue weighted by molar-refractivity contribution is 7.85. The van der Waals surface area contributed by atoms with E-state index >= 15 is 0 Å². The SMILES string of the molecule is COC(=O)C1CS(=O)CC(c2ccc(OC(C)C)cc2)N1. The van der Waals surface area contributed by atoms with E-state index in [0.29, 0.717) is 11.5 Å². The molecule has 3 atom stereocenters. The summed E-state index contributed by atoms with van der Waals surface area (Å²) in [5.41, 5.74) is 0.994. The molecule has 1 saturated heterocycles. The van der Waals surface area contributed by atoms with Crippen LogP contribution in [0.4, 0.5) is 0 Å². The third-order valence-electron chi connectivity index (χ3n) is 3.25. The lowest BCUT2D eigenvalue weighted by molar-refractivity contribution is -0.142. The van der Waals surface area contributed by atoms with Crippen LogP contribution in [0.2, 0.25) is 0 Å². The first-order valence-corrected chi connectivity index (χ1v) is 8.44. The Morgan fingerprint density at radius 1 is 1.29 bits per heavy atom. The molecule has 2 rings (SSSR count). The van der Waals surface area contributed by atoms with E-state index in [1.807, 2.05) is 38.1 Å². The van der Waals surface area contributed by atoms with Crippen molar-refractivity contribution in [2.24, 2.45) is 0 Å². The summed E-state index contributed by atoms with van der Waals surface area (Å²) in [6.45, 7) is 3.95. The molecule has 1 aliphatic rings. The Hall–Kier alpha value is -1.40. The number of rotatable bonds is 4. The fourth-order valence-corrected chi connectivity index (χ4v) is 3.70. The van der Waals surface area contributed by atoms with Crippen molar-refractivity contribution in [1.29, 1.82) is 0 Å². The minimum absolute atomic E-state index is 0.114. The van der Waals surface area contributed by atoms with Crippen molar-refractivity contribution in [3.63, 3.8) is 0 Å². The molecule has 0 amide bonds. The number of methoxy groups -OCH3 is 1. The van der Waals surface area contributed by atoms with Crippen LogP contribution >= 0.6 is 0 Å². The molecule has 6 heteroatoms. The molecular weight excluding hydrogens is 290 g/mol. The number of benzene rings is 1. The van der Waals surface area contributed by atoms with Gasteiger partial charge in [0.05, 0.1) is 13.2 Å². The lowest BCUT2D eigenvalue weighted by Gasteiger charge is -2.29. The van der Waals surface area contributed by atoms with Crippen molar-refractivity contribution in [3.05, 3.63) is 29.8 Å². The summed E-state index contributed by atoms with van der Waals surface area (Å²) in [6, 6.07) is 7.03. The fourth-order valence-electron chi connectivity index (χ4n) is 2.30. The first-order valence-electron chi connectivity index (χ1n) is 6.95. The lowest BCUT2D eigenvalue weighted by Crippen LogP contribution is -2.49. The highest BCUT2D eigenvalue weighted by atomic mass is 32.2. The zero-order valence-corrected chi connectivity index (χ0v) is 13.3. The van der Waals surface area contributed by atoms with Crippen molar-refractivity contribution in [3.8, 4) is 5.75 Å². The molecule has 0 saturated carbocycles. The van der Waals surface area contributed by atoms with E-state index in [0.717, 1.165) is 11.3 Å². The van der Waals surface area contributed by atoms with Gasteiger partial charge in [0.2, 0.25) is 0 Å². The normalized spacial score (nSPS) is 25.6. The van der Waals surface area contributed by atoms with E-state index in [9.17, 15) is 9.00 Å². The summed E-state index contributed by atoms with van der Waals surface area (Å²) in [5.74, 6) is 1.23. The topological polar surface area (TPSA) is 64.6 Å². The van der Waals surface area contributed by atoms with Crippen molar-refractivity contribution in [2.45, 2.75) is 32.0 Å². The molecule has 1 heterocycles. The highest BCUT2D eigenvalue weighted by Crippen LogP contribution is 2.22. The molecule has 1 fully saturated rings. The number of carbonyl (C=O) groups excluding carboxylic acids is 1. The highest BCUT2D eigenvalue weighted by Gasteiger charge is 2.31. The summed E-state index contributed by atoms with van der Waals surface area (Å²) in [7, 11) is 0.310. The molecule has 1 aliphatic heterocycles. The minimum atomic E-state index is -1.03. The smallest absolute Gasteiger partial charge is 0.323 e. The number of hydrogen-bond donors (Lipinski definition) is 1. The summed E-state index contributed by atoms with van der Waals surface area (Å²) in [4.78, 5) is 11.6. The number of hydrogen-bond acceptors (Lipinski definition) is 5. The molecule has 0 aromatic heterocycles. The van der Waals surface area contributed by atoms with Crippen LogP contribution in [0.3, 0.4) is 0 Å². The van der Waals surface area contributed by atoms with Crippen molar-refractivity contribution < 1.29 is 18.5 Å². The number of esters is 1. The maximum atomic E-state index is 11.9. The third-order valence-corrected chi connectivity index (χ3v) is 4.66. The largest absolute Gasteiger partial charge is 0.491 e. The molecule has 0 radical (unpaired) electrons. The Bertz CT molecular complexity index is 515. The van der Waals surface area contributed by atoms with E-state index in [4.69, 9.17) is 9.47 Å². The van der Waals surface area contributed by atoms with Gasteiger partial charge in [-0.1, -0.05) is 12.1 Å². The van der Waals surface area contributed by atoms with Crippen molar-refractivity contribution in [1.82, 2.24) is 5.32 Å². The molecule has 3 unspecified atom stereocenters. The van der Waals surface area contributed by atoms with Gasteiger partial charge in [-0.3, -0.25) is 14.3 Å². The van der Waals surface area contributed by atoms with Gasteiger partial charge in [0.15, 0.2) is 0 Å². The summed E-state index contributed by atoms with van der Waals surface area (Å²) in [5, 5.41) is 3.20. The van der Waals surface area contributed by atoms with E-state index in [1.165, 1.54) is 7.11 Å². The standard InChI is InChI=1S/C15H21NO4S/c1-10(2)20-12-6-4-11(5-7-12)13-8-21(18)9-14(16-13)15(17)19-3/h4-7,10,13-14,16H,8-9H2,1-3H3. The molecule has 0 aliphatic carbocycles. The quantitative estimate of drug-likeness (QED) is 0.852. The molecule has 21 heavy (non-hydrogen) atoms. The number of ether oxygens (including phenoxy) is 2. The van der Waals surface area contributed by atoms with Crippen molar-refractivity contribution >= 4 is 16.8 Å². The van der Waals surface area contributed by atoms with Crippen LogP contribution in [0.1, 0.15) is 25.5 Å². The predicted octanol–water partition coefficient (Wildman–Crippen LogP) is 1.41. The Morgan fingerprint density at radius 2 is 1.95 bits per heavy atom. The summed E-state index contributed by atoms with van der Waals surface area (Å²) in [6.07, 6.45) is 0.125. The van der Waals surface area contributed by atoms with Gasteiger partial charge in [-0.15, -0.1) is 0 Å². The van der Waals surface area contributed by atoms with Gasteiger partial charge >= 0.3 is 5.97 Å². The van der Waals surface area contributed by atoms with Crippen LogP contribution in [-0.4, -0.2) is 40.9 Å². The second-order valence-electron chi connectivity index (χ2n) is 5.30.